The third kappa shape index (κ3) is 13.0. The van der Waals surface area contributed by atoms with Crippen LogP contribution in [-0.4, -0.2) is 59.6 Å². The molecular weight excluding hydrogens is 368 g/mol. The first kappa shape index (κ1) is 26.8. The number of ether oxygens (including phenoxy) is 2. The third-order valence-corrected chi connectivity index (χ3v) is 6.07. The fraction of sp³-hybridized carbons (Fsp3) is 1.00. The van der Waals surface area contributed by atoms with Crippen LogP contribution in [0.1, 0.15) is 110 Å². The molecule has 1 heterocycles. The molecule has 5 heteroatoms. The summed E-state index contributed by atoms with van der Waals surface area (Å²) in [6, 6.07) is 0. The third-order valence-electron chi connectivity index (χ3n) is 6.07. The molecule has 0 bridgehead atoms. The number of hydrogen-bond donors (Lipinski definition) is 3. The Balaban J connectivity index is 1.82. The summed E-state index contributed by atoms with van der Waals surface area (Å²) in [7, 11) is 0. The van der Waals surface area contributed by atoms with Crippen LogP contribution in [0.15, 0.2) is 0 Å². The smallest absolute Gasteiger partial charge is 0.114 e. The maximum atomic E-state index is 10.1. The van der Waals surface area contributed by atoms with Gasteiger partial charge in [0.2, 0.25) is 0 Å². The minimum absolute atomic E-state index is 0.103. The normalized spacial score (nSPS) is 24.8. The summed E-state index contributed by atoms with van der Waals surface area (Å²) < 4.78 is 10.9. The van der Waals surface area contributed by atoms with Crippen LogP contribution >= 0.6 is 0 Å². The van der Waals surface area contributed by atoms with E-state index in [2.05, 4.69) is 6.92 Å². The molecule has 1 aliphatic rings. The summed E-state index contributed by atoms with van der Waals surface area (Å²) in [5.74, 6) is 0. The largest absolute Gasteiger partial charge is 0.394 e. The predicted octanol–water partition coefficient (Wildman–Crippen LogP) is 4.75. The van der Waals surface area contributed by atoms with Gasteiger partial charge in [0, 0.05) is 6.61 Å². The Morgan fingerprint density at radius 1 is 0.724 bits per heavy atom. The van der Waals surface area contributed by atoms with Gasteiger partial charge in [-0.25, -0.2) is 0 Å². The standard InChI is InChI=1S/C24H48O5/c1-2-3-4-5-6-7-8-9-10-11-12-13-14-15-16-17-18-28-24-21(26)20-29-22(19-25)23(24)27/h21-27H,2-20H2,1H3/t21-,22+,23+,24+/m0/s1. The number of unbranched alkanes of at least 4 members (excludes halogenated alkanes) is 15. The summed E-state index contributed by atoms with van der Waals surface area (Å²) >= 11 is 0. The van der Waals surface area contributed by atoms with Gasteiger partial charge in [0.25, 0.3) is 0 Å². The van der Waals surface area contributed by atoms with E-state index >= 15 is 0 Å². The molecule has 1 aliphatic heterocycles. The van der Waals surface area contributed by atoms with Gasteiger partial charge in [0.15, 0.2) is 0 Å². The van der Waals surface area contributed by atoms with Gasteiger partial charge in [-0.1, -0.05) is 103 Å². The zero-order chi connectivity index (χ0) is 21.2. The molecule has 3 N–H and O–H groups in total. The summed E-state index contributed by atoms with van der Waals surface area (Å²) in [6.45, 7) is 2.66. The van der Waals surface area contributed by atoms with Gasteiger partial charge < -0.3 is 24.8 Å². The van der Waals surface area contributed by atoms with Crippen molar-refractivity contribution in [2.75, 3.05) is 19.8 Å². The first-order valence-electron chi connectivity index (χ1n) is 12.4. The molecule has 0 amide bonds. The van der Waals surface area contributed by atoms with Crippen molar-refractivity contribution < 1.29 is 24.8 Å². The van der Waals surface area contributed by atoms with Crippen LogP contribution in [-0.2, 0) is 9.47 Å². The van der Waals surface area contributed by atoms with Crippen LogP contribution in [0.4, 0.5) is 0 Å². The molecule has 0 radical (unpaired) electrons. The van der Waals surface area contributed by atoms with Crippen molar-refractivity contribution >= 4 is 0 Å². The molecule has 0 unspecified atom stereocenters. The van der Waals surface area contributed by atoms with E-state index in [-0.39, 0.29) is 13.2 Å². The summed E-state index contributed by atoms with van der Waals surface area (Å²) in [5.41, 5.74) is 0. The lowest BCUT2D eigenvalue weighted by molar-refractivity contribution is -0.210. The molecule has 5 nitrogen and oxygen atoms in total. The Bertz CT molecular complexity index is 352. The Morgan fingerprint density at radius 2 is 1.17 bits per heavy atom. The molecule has 0 spiro atoms. The van der Waals surface area contributed by atoms with Crippen LogP contribution in [0, 0.1) is 0 Å². The number of hydrogen-bond acceptors (Lipinski definition) is 5. The lowest BCUT2D eigenvalue weighted by Gasteiger charge is -2.37. The fourth-order valence-electron chi connectivity index (χ4n) is 4.09. The van der Waals surface area contributed by atoms with E-state index in [4.69, 9.17) is 14.6 Å². The highest BCUT2D eigenvalue weighted by Crippen LogP contribution is 2.19. The Kier molecular flexibility index (Phi) is 17.2. The van der Waals surface area contributed by atoms with E-state index in [0.29, 0.717) is 6.61 Å². The van der Waals surface area contributed by atoms with Crippen molar-refractivity contribution in [2.45, 2.75) is 134 Å². The maximum absolute atomic E-state index is 10.1. The van der Waals surface area contributed by atoms with Crippen molar-refractivity contribution in [3.05, 3.63) is 0 Å². The van der Waals surface area contributed by atoms with E-state index < -0.39 is 24.4 Å². The van der Waals surface area contributed by atoms with E-state index in [1.54, 1.807) is 0 Å². The summed E-state index contributed by atoms with van der Waals surface area (Å²) in [4.78, 5) is 0. The second-order valence-electron chi connectivity index (χ2n) is 8.75. The van der Waals surface area contributed by atoms with Crippen molar-refractivity contribution in [1.82, 2.24) is 0 Å². The van der Waals surface area contributed by atoms with E-state index in [1.165, 1.54) is 89.9 Å². The average molecular weight is 417 g/mol. The highest BCUT2D eigenvalue weighted by Gasteiger charge is 2.38. The molecule has 29 heavy (non-hydrogen) atoms. The van der Waals surface area contributed by atoms with Crippen LogP contribution in [0.5, 0.6) is 0 Å². The zero-order valence-electron chi connectivity index (χ0n) is 18.9. The van der Waals surface area contributed by atoms with Crippen LogP contribution in [0.2, 0.25) is 0 Å². The molecule has 0 aromatic heterocycles. The lowest BCUT2D eigenvalue weighted by atomic mass is 10.0. The molecule has 1 saturated heterocycles. The number of aliphatic hydroxyl groups excluding tert-OH is 3. The van der Waals surface area contributed by atoms with Gasteiger partial charge in [-0.3, -0.25) is 0 Å². The van der Waals surface area contributed by atoms with Crippen LogP contribution in [0.25, 0.3) is 0 Å². The average Bonchev–Trinajstić information content (AvgIpc) is 2.72. The molecule has 0 aromatic carbocycles. The lowest BCUT2D eigenvalue weighted by Crippen LogP contribution is -2.55. The second kappa shape index (κ2) is 18.6. The SMILES string of the molecule is CCCCCCCCCCCCCCCCCCO[C@H]1[C@H](O)[C@@H](CO)OC[C@@H]1O. The molecule has 0 aromatic rings. The molecule has 4 atom stereocenters. The van der Waals surface area contributed by atoms with Crippen molar-refractivity contribution in [3.63, 3.8) is 0 Å². The van der Waals surface area contributed by atoms with Gasteiger partial charge in [-0.05, 0) is 6.42 Å². The molecule has 0 saturated carbocycles. The molecule has 1 fully saturated rings. The van der Waals surface area contributed by atoms with Gasteiger partial charge in [0.05, 0.1) is 13.2 Å². The zero-order valence-corrected chi connectivity index (χ0v) is 18.9. The minimum Gasteiger partial charge on any atom is -0.394 e. The molecular formula is C24H48O5. The molecule has 0 aliphatic carbocycles. The van der Waals surface area contributed by atoms with Gasteiger partial charge in [0.1, 0.15) is 24.4 Å². The number of rotatable bonds is 19. The first-order valence-corrected chi connectivity index (χ1v) is 12.4. The van der Waals surface area contributed by atoms with E-state index in [9.17, 15) is 10.2 Å². The predicted molar refractivity (Wildman–Crippen MR) is 118 cm³/mol. The second-order valence-corrected chi connectivity index (χ2v) is 8.75. The highest BCUT2D eigenvalue weighted by atomic mass is 16.6. The fourth-order valence-corrected chi connectivity index (χ4v) is 4.09. The Morgan fingerprint density at radius 3 is 1.62 bits per heavy atom. The Hall–Kier alpha value is -0.200. The van der Waals surface area contributed by atoms with E-state index in [0.717, 1.165) is 12.8 Å². The van der Waals surface area contributed by atoms with Crippen molar-refractivity contribution in [3.8, 4) is 0 Å². The minimum atomic E-state index is -0.968. The van der Waals surface area contributed by atoms with Crippen molar-refractivity contribution in [2.24, 2.45) is 0 Å². The number of aliphatic hydroxyl groups is 3. The topological polar surface area (TPSA) is 79.2 Å². The first-order chi connectivity index (χ1) is 14.2. The van der Waals surface area contributed by atoms with Gasteiger partial charge >= 0.3 is 0 Å². The Labute approximate surface area is 179 Å². The van der Waals surface area contributed by atoms with Crippen LogP contribution in [0.3, 0.4) is 0 Å². The molecule has 174 valence electrons. The monoisotopic (exact) mass is 416 g/mol. The van der Waals surface area contributed by atoms with Crippen molar-refractivity contribution in [1.29, 1.82) is 0 Å². The summed E-state index contributed by atoms with van der Waals surface area (Å²) in [5, 5.41) is 29.1. The van der Waals surface area contributed by atoms with E-state index in [1.807, 2.05) is 0 Å². The summed E-state index contributed by atoms with van der Waals surface area (Å²) in [6.07, 6.45) is 18.2. The molecule has 1 rings (SSSR count). The van der Waals surface area contributed by atoms with Crippen LogP contribution < -0.4 is 0 Å². The highest BCUT2D eigenvalue weighted by molar-refractivity contribution is 4.87. The quantitative estimate of drug-likeness (QED) is 0.265. The van der Waals surface area contributed by atoms with Gasteiger partial charge in [-0.2, -0.15) is 0 Å². The maximum Gasteiger partial charge on any atom is 0.114 e. The van der Waals surface area contributed by atoms with Gasteiger partial charge in [-0.15, -0.1) is 0 Å².